The predicted octanol–water partition coefficient (Wildman–Crippen LogP) is 2.47. The zero-order chi connectivity index (χ0) is 24.0. The minimum absolute atomic E-state index is 0.100. The van der Waals surface area contributed by atoms with Gasteiger partial charge in [0.05, 0.1) is 32.6 Å². The molecule has 0 spiro atoms. The van der Waals surface area contributed by atoms with Gasteiger partial charge in [-0.3, -0.25) is 9.59 Å². The maximum absolute atomic E-state index is 12.6. The number of hydrogen-bond donors (Lipinski definition) is 0. The molecule has 1 heterocycles. The fourth-order valence-electron chi connectivity index (χ4n) is 3.57. The number of benzene rings is 2. The van der Waals surface area contributed by atoms with Gasteiger partial charge in [-0.05, 0) is 54.8 Å². The summed E-state index contributed by atoms with van der Waals surface area (Å²) in [6, 6.07) is 8.92. The van der Waals surface area contributed by atoms with Crippen LogP contribution in [0, 0.1) is 0 Å². The van der Waals surface area contributed by atoms with Gasteiger partial charge in [0.1, 0.15) is 0 Å². The van der Waals surface area contributed by atoms with Crippen LogP contribution in [0.4, 0.5) is 0 Å². The number of rotatable bonds is 10. The molecular formula is C23H27NO8S. The standard InChI is InChI=1S/C23H27NO8S/c1-29-20-12-16(13-21(30-2)23(20)31-3)14-22(26)32-15-19(25)17-6-8-18(9-7-17)33(27,28)24-10-4-5-11-24/h6-9,12-13H,4-5,10-11,14-15H2,1-3H3. The van der Waals surface area contributed by atoms with Crippen LogP contribution < -0.4 is 14.2 Å². The van der Waals surface area contributed by atoms with Crippen molar-refractivity contribution in [2.24, 2.45) is 0 Å². The van der Waals surface area contributed by atoms with E-state index >= 15 is 0 Å². The third-order valence-corrected chi connectivity index (χ3v) is 7.23. The van der Waals surface area contributed by atoms with Gasteiger partial charge >= 0.3 is 5.97 Å². The van der Waals surface area contributed by atoms with Crippen LogP contribution in [0.1, 0.15) is 28.8 Å². The van der Waals surface area contributed by atoms with Crippen LogP contribution in [0.25, 0.3) is 0 Å². The fraction of sp³-hybridized carbons (Fsp3) is 0.391. The Bertz CT molecular complexity index is 1080. The number of carbonyl (C=O) groups is 2. The molecule has 0 aromatic heterocycles. The molecule has 10 heteroatoms. The lowest BCUT2D eigenvalue weighted by atomic mass is 10.1. The summed E-state index contributed by atoms with van der Waals surface area (Å²) in [6.45, 7) is 0.553. The second kappa shape index (κ2) is 10.7. The monoisotopic (exact) mass is 477 g/mol. The number of carbonyl (C=O) groups excluding carboxylic acids is 2. The predicted molar refractivity (Wildman–Crippen MR) is 120 cm³/mol. The minimum Gasteiger partial charge on any atom is -0.493 e. The van der Waals surface area contributed by atoms with E-state index in [2.05, 4.69) is 0 Å². The minimum atomic E-state index is -3.55. The number of nitrogens with zero attached hydrogens (tertiary/aromatic N) is 1. The Morgan fingerprint density at radius 2 is 1.48 bits per heavy atom. The van der Waals surface area contributed by atoms with Crippen molar-refractivity contribution in [3.05, 3.63) is 47.5 Å². The highest BCUT2D eigenvalue weighted by Crippen LogP contribution is 2.38. The first kappa shape index (κ1) is 24.5. The Morgan fingerprint density at radius 3 is 2.00 bits per heavy atom. The molecule has 0 aliphatic carbocycles. The molecule has 0 N–H and O–H groups in total. The fourth-order valence-corrected chi connectivity index (χ4v) is 5.09. The molecule has 1 aliphatic rings. The molecular weight excluding hydrogens is 450 g/mol. The highest BCUT2D eigenvalue weighted by Gasteiger charge is 2.27. The largest absolute Gasteiger partial charge is 0.493 e. The van der Waals surface area contributed by atoms with Gasteiger partial charge in [-0.15, -0.1) is 0 Å². The number of methoxy groups -OCH3 is 3. The summed E-state index contributed by atoms with van der Waals surface area (Å²) in [5.74, 6) is 0.172. The molecule has 2 aromatic rings. The van der Waals surface area contributed by atoms with Crippen LogP contribution in [0.2, 0.25) is 0 Å². The van der Waals surface area contributed by atoms with Crippen molar-refractivity contribution >= 4 is 21.8 Å². The molecule has 9 nitrogen and oxygen atoms in total. The molecule has 33 heavy (non-hydrogen) atoms. The summed E-state index contributed by atoms with van der Waals surface area (Å²) in [6.07, 6.45) is 1.59. The van der Waals surface area contributed by atoms with Crippen LogP contribution in [0.15, 0.2) is 41.3 Å². The number of Topliss-reactive ketones (excluding diaryl/α,β-unsaturated/α-hetero) is 1. The molecule has 0 atom stereocenters. The zero-order valence-corrected chi connectivity index (χ0v) is 19.6. The van der Waals surface area contributed by atoms with Crippen molar-refractivity contribution in [2.45, 2.75) is 24.2 Å². The highest BCUT2D eigenvalue weighted by atomic mass is 32.2. The van der Waals surface area contributed by atoms with E-state index in [9.17, 15) is 18.0 Å². The first-order valence-electron chi connectivity index (χ1n) is 10.4. The molecule has 3 rings (SSSR count). The van der Waals surface area contributed by atoms with Crippen molar-refractivity contribution in [1.29, 1.82) is 0 Å². The Hall–Kier alpha value is -3.11. The number of sulfonamides is 1. The normalized spacial score (nSPS) is 14.0. The number of esters is 1. The lowest BCUT2D eigenvalue weighted by Gasteiger charge is -2.15. The van der Waals surface area contributed by atoms with Gasteiger partial charge < -0.3 is 18.9 Å². The lowest BCUT2D eigenvalue weighted by Crippen LogP contribution is -2.27. The van der Waals surface area contributed by atoms with Crippen LogP contribution >= 0.6 is 0 Å². The second-order valence-electron chi connectivity index (χ2n) is 7.43. The van der Waals surface area contributed by atoms with E-state index in [1.807, 2.05) is 0 Å². The molecule has 0 saturated carbocycles. The summed E-state index contributed by atoms with van der Waals surface area (Å²) < 4.78 is 47.5. The summed E-state index contributed by atoms with van der Waals surface area (Å²) in [4.78, 5) is 24.8. The molecule has 2 aromatic carbocycles. The number of ether oxygens (including phenoxy) is 4. The van der Waals surface area contributed by atoms with Gasteiger partial charge in [-0.2, -0.15) is 4.31 Å². The molecule has 0 bridgehead atoms. The first-order valence-corrected chi connectivity index (χ1v) is 11.8. The number of ketones is 1. The van der Waals surface area contributed by atoms with E-state index < -0.39 is 28.4 Å². The van der Waals surface area contributed by atoms with E-state index in [1.54, 1.807) is 12.1 Å². The maximum atomic E-state index is 12.6. The molecule has 0 radical (unpaired) electrons. The Balaban J connectivity index is 1.60. The van der Waals surface area contributed by atoms with E-state index in [0.29, 0.717) is 35.9 Å². The maximum Gasteiger partial charge on any atom is 0.310 e. The zero-order valence-electron chi connectivity index (χ0n) is 18.8. The van der Waals surface area contributed by atoms with Crippen LogP contribution in [-0.2, 0) is 26.0 Å². The van der Waals surface area contributed by atoms with E-state index in [0.717, 1.165) is 12.8 Å². The van der Waals surface area contributed by atoms with Crippen molar-refractivity contribution in [3.63, 3.8) is 0 Å². The molecule has 1 aliphatic heterocycles. The summed E-state index contributed by atoms with van der Waals surface area (Å²) in [5.41, 5.74) is 0.828. The van der Waals surface area contributed by atoms with Gasteiger partial charge in [0.15, 0.2) is 23.9 Å². The van der Waals surface area contributed by atoms with Crippen LogP contribution in [0.5, 0.6) is 17.2 Å². The topological polar surface area (TPSA) is 108 Å². The van der Waals surface area contributed by atoms with Gasteiger partial charge in [0.25, 0.3) is 0 Å². The third kappa shape index (κ3) is 5.63. The average Bonchev–Trinajstić information content (AvgIpc) is 3.38. The SMILES string of the molecule is COc1cc(CC(=O)OCC(=O)c2ccc(S(=O)(=O)N3CCCC3)cc2)cc(OC)c1OC. The summed E-state index contributed by atoms with van der Waals surface area (Å²) in [5, 5.41) is 0. The van der Waals surface area contributed by atoms with Crippen molar-refractivity contribution in [1.82, 2.24) is 4.31 Å². The highest BCUT2D eigenvalue weighted by molar-refractivity contribution is 7.89. The third-order valence-electron chi connectivity index (χ3n) is 5.32. The quantitative estimate of drug-likeness (QED) is 0.379. The van der Waals surface area contributed by atoms with Gasteiger partial charge in [-0.1, -0.05) is 0 Å². The first-order chi connectivity index (χ1) is 15.8. The van der Waals surface area contributed by atoms with E-state index in [-0.39, 0.29) is 16.9 Å². The van der Waals surface area contributed by atoms with Crippen molar-refractivity contribution in [2.75, 3.05) is 41.0 Å². The van der Waals surface area contributed by atoms with Crippen LogP contribution in [0.3, 0.4) is 0 Å². The Kier molecular flexibility index (Phi) is 7.93. The molecule has 1 fully saturated rings. The number of hydrogen-bond acceptors (Lipinski definition) is 8. The Labute approximate surface area is 193 Å². The lowest BCUT2D eigenvalue weighted by molar-refractivity contribution is -0.141. The summed E-state index contributed by atoms with van der Waals surface area (Å²) >= 11 is 0. The average molecular weight is 478 g/mol. The Morgan fingerprint density at radius 1 is 0.909 bits per heavy atom. The van der Waals surface area contributed by atoms with Crippen LogP contribution in [-0.4, -0.2) is 65.5 Å². The van der Waals surface area contributed by atoms with E-state index in [4.69, 9.17) is 18.9 Å². The van der Waals surface area contributed by atoms with Gasteiger partial charge in [-0.25, -0.2) is 8.42 Å². The smallest absolute Gasteiger partial charge is 0.310 e. The summed E-state index contributed by atoms with van der Waals surface area (Å²) in [7, 11) is 0.873. The second-order valence-corrected chi connectivity index (χ2v) is 9.37. The van der Waals surface area contributed by atoms with Crippen molar-refractivity contribution < 1.29 is 37.0 Å². The van der Waals surface area contributed by atoms with Gasteiger partial charge in [0, 0.05) is 18.7 Å². The van der Waals surface area contributed by atoms with Crippen molar-refractivity contribution in [3.8, 4) is 17.2 Å². The van der Waals surface area contributed by atoms with Gasteiger partial charge in [0.2, 0.25) is 15.8 Å². The molecule has 0 unspecified atom stereocenters. The molecule has 0 amide bonds. The molecule has 1 saturated heterocycles. The van der Waals surface area contributed by atoms with E-state index in [1.165, 1.54) is 49.9 Å². The molecule has 178 valence electrons.